The van der Waals surface area contributed by atoms with E-state index in [0.29, 0.717) is 22.3 Å². The Morgan fingerprint density at radius 1 is 1.16 bits per heavy atom. The third kappa shape index (κ3) is 3.85. The van der Waals surface area contributed by atoms with Gasteiger partial charge in [0.2, 0.25) is 5.91 Å². The summed E-state index contributed by atoms with van der Waals surface area (Å²) in [7, 11) is 0. The zero-order chi connectivity index (χ0) is 17.8. The number of amides is 1. The van der Waals surface area contributed by atoms with Crippen LogP contribution in [-0.2, 0) is 16.0 Å². The Kier molecular flexibility index (Phi) is 5.09. The molecule has 0 saturated carbocycles. The van der Waals surface area contributed by atoms with Crippen molar-refractivity contribution in [3.05, 3.63) is 58.6 Å². The molecule has 0 bridgehead atoms. The lowest BCUT2D eigenvalue weighted by atomic mass is 10.0. The van der Waals surface area contributed by atoms with Gasteiger partial charge in [0, 0.05) is 0 Å². The first-order valence-electron chi connectivity index (χ1n) is 7.99. The van der Waals surface area contributed by atoms with Gasteiger partial charge in [0.05, 0.1) is 18.7 Å². The summed E-state index contributed by atoms with van der Waals surface area (Å²) < 4.78 is 4.99. The molecule has 3 rings (SSSR count). The summed E-state index contributed by atoms with van der Waals surface area (Å²) in [4.78, 5) is 28.9. The van der Waals surface area contributed by atoms with Crippen LogP contribution in [0.4, 0.5) is 5.13 Å². The van der Waals surface area contributed by atoms with Crippen LogP contribution in [0.5, 0.6) is 0 Å². The highest BCUT2D eigenvalue weighted by atomic mass is 32.1. The highest BCUT2D eigenvalue weighted by Crippen LogP contribution is 2.24. The standard InChI is InChI=1S/C19H18N2O3S/c1-3-24-18(23)17-12(2)20-19(25-17)21-16(22)11-14-9-6-8-13-7-4-5-10-15(13)14/h4-10H,3,11H2,1-2H3,(H,20,21,22). The van der Waals surface area contributed by atoms with Crippen molar-refractivity contribution in [1.29, 1.82) is 0 Å². The fraction of sp³-hybridized carbons (Fsp3) is 0.211. The molecule has 0 spiro atoms. The average Bonchev–Trinajstić information content (AvgIpc) is 2.95. The second kappa shape index (κ2) is 7.44. The number of nitrogens with one attached hydrogen (secondary N) is 1. The molecule has 0 atom stereocenters. The van der Waals surface area contributed by atoms with E-state index >= 15 is 0 Å². The van der Waals surface area contributed by atoms with Crippen molar-refractivity contribution < 1.29 is 14.3 Å². The first-order chi connectivity index (χ1) is 12.1. The second-order valence-corrected chi connectivity index (χ2v) is 6.52. The van der Waals surface area contributed by atoms with Crippen LogP contribution < -0.4 is 5.32 Å². The van der Waals surface area contributed by atoms with Crippen molar-refractivity contribution in [2.75, 3.05) is 11.9 Å². The molecule has 6 heteroatoms. The minimum absolute atomic E-state index is 0.166. The molecular formula is C19H18N2O3S. The van der Waals surface area contributed by atoms with E-state index in [4.69, 9.17) is 4.74 Å². The molecule has 1 aromatic heterocycles. The van der Waals surface area contributed by atoms with Crippen LogP contribution in [0.3, 0.4) is 0 Å². The molecule has 0 saturated heterocycles. The van der Waals surface area contributed by atoms with Crippen LogP contribution in [-0.4, -0.2) is 23.5 Å². The molecule has 1 amide bonds. The third-order valence-electron chi connectivity index (χ3n) is 3.73. The van der Waals surface area contributed by atoms with E-state index in [2.05, 4.69) is 10.3 Å². The summed E-state index contributed by atoms with van der Waals surface area (Å²) in [6.07, 6.45) is 0.245. The maximum absolute atomic E-state index is 12.4. The Hall–Kier alpha value is -2.73. The summed E-state index contributed by atoms with van der Waals surface area (Å²) in [6.45, 7) is 3.78. The van der Waals surface area contributed by atoms with Crippen LogP contribution in [0.15, 0.2) is 42.5 Å². The topological polar surface area (TPSA) is 68.3 Å². The third-order valence-corrected chi connectivity index (χ3v) is 4.79. The molecule has 2 aromatic carbocycles. The number of hydrogen-bond acceptors (Lipinski definition) is 5. The van der Waals surface area contributed by atoms with Crippen LogP contribution >= 0.6 is 11.3 Å². The summed E-state index contributed by atoms with van der Waals surface area (Å²) in [5.74, 6) is -0.576. The zero-order valence-electron chi connectivity index (χ0n) is 14.0. The molecule has 5 nitrogen and oxygen atoms in total. The Labute approximate surface area is 149 Å². The highest BCUT2D eigenvalue weighted by Gasteiger charge is 2.17. The summed E-state index contributed by atoms with van der Waals surface area (Å²) in [5, 5.41) is 5.34. The zero-order valence-corrected chi connectivity index (χ0v) is 14.9. The summed E-state index contributed by atoms with van der Waals surface area (Å²) in [5.41, 5.74) is 1.51. The van der Waals surface area contributed by atoms with Crippen molar-refractivity contribution in [2.24, 2.45) is 0 Å². The number of hydrogen-bond donors (Lipinski definition) is 1. The lowest BCUT2D eigenvalue weighted by molar-refractivity contribution is -0.115. The molecule has 0 radical (unpaired) electrons. The second-order valence-electron chi connectivity index (χ2n) is 5.52. The number of carbonyl (C=O) groups excluding carboxylic acids is 2. The van der Waals surface area contributed by atoms with Gasteiger partial charge in [-0.25, -0.2) is 9.78 Å². The normalized spacial score (nSPS) is 10.6. The van der Waals surface area contributed by atoms with Gasteiger partial charge in [-0.1, -0.05) is 53.8 Å². The van der Waals surface area contributed by atoms with Gasteiger partial charge in [-0.15, -0.1) is 0 Å². The van der Waals surface area contributed by atoms with Crippen molar-refractivity contribution in [1.82, 2.24) is 4.98 Å². The van der Waals surface area contributed by atoms with Gasteiger partial charge >= 0.3 is 5.97 Å². The van der Waals surface area contributed by atoms with Gasteiger partial charge in [-0.05, 0) is 30.2 Å². The van der Waals surface area contributed by atoms with Crippen LogP contribution in [0.1, 0.15) is 27.9 Å². The monoisotopic (exact) mass is 354 g/mol. The number of ether oxygens (including phenoxy) is 1. The molecule has 128 valence electrons. The van der Waals surface area contributed by atoms with Crippen LogP contribution in [0.2, 0.25) is 0 Å². The quantitative estimate of drug-likeness (QED) is 0.704. The molecule has 1 heterocycles. The lowest BCUT2D eigenvalue weighted by Gasteiger charge is -2.06. The van der Waals surface area contributed by atoms with Gasteiger partial charge in [-0.2, -0.15) is 0 Å². The number of carbonyl (C=O) groups is 2. The van der Waals surface area contributed by atoms with Gasteiger partial charge in [0.1, 0.15) is 4.88 Å². The number of anilines is 1. The predicted octanol–water partition coefficient (Wildman–Crippen LogP) is 3.96. The van der Waals surface area contributed by atoms with E-state index in [1.54, 1.807) is 13.8 Å². The molecule has 0 aliphatic carbocycles. The first-order valence-corrected chi connectivity index (χ1v) is 8.81. The van der Waals surface area contributed by atoms with E-state index in [-0.39, 0.29) is 12.3 Å². The average molecular weight is 354 g/mol. The maximum Gasteiger partial charge on any atom is 0.350 e. The fourth-order valence-electron chi connectivity index (χ4n) is 2.62. The largest absolute Gasteiger partial charge is 0.462 e. The lowest BCUT2D eigenvalue weighted by Crippen LogP contribution is -2.14. The molecule has 0 aliphatic heterocycles. The number of benzene rings is 2. The molecule has 25 heavy (non-hydrogen) atoms. The van der Waals surface area contributed by atoms with E-state index in [9.17, 15) is 9.59 Å². The number of aromatic nitrogens is 1. The fourth-order valence-corrected chi connectivity index (χ4v) is 3.50. The number of nitrogens with zero attached hydrogens (tertiary/aromatic N) is 1. The summed E-state index contributed by atoms with van der Waals surface area (Å²) in [6, 6.07) is 13.9. The van der Waals surface area contributed by atoms with Gasteiger partial charge in [-0.3, -0.25) is 4.79 Å². The predicted molar refractivity (Wildman–Crippen MR) is 99.1 cm³/mol. The van der Waals surface area contributed by atoms with Gasteiger partial charge < -0.3 is 10.1 Å². The van der Waals surface area contributed by atoms with Crippen LogP contribution in [0, 0.1) is 6.92 Å². The van der Waals surface area contributed by atoms with Crippen molar-refractivity contribution in [2.45, 2.75) is 20.3 Å². The number of aryl methyl sites for hydroxylation is 1. The number of rotatable bonds is 5. The van der Waals surface area contributed by atoms with E-state index in [0.717, 1.165) is 27.7 Å². The minimum Gasteiger partial charge on any atom is -0.462 e. The molecule has 0 aliphatic rings. The number of esters is 1. The van der Waals surface area contributed by atoms with Crippen LogP contribution in [0.25, 0.3) is 10.8 Å². The number of thiazole rings is 1. The highest BCUT2D eigenvalue weighted by molar-refractivity contribution is 7.17. The first kappa shape index (κ1) is 17.1. The molecular weight excluding hydrogens is 336 g/mol. The molecule has 3 aromatic rings. The SMILES string of the molecule is CCOC(=O)c1sc(NC(=O)Cc2cccc3ccccc23)nc1C. The number of fused-ring (bicyclic) bond motifs is 1. The Morgan fingerprint density at radius 3 is 2.72 bits per heavy atom. The molecule has 0 fully saturated rings. The Balaban J connectivity index is 1.74. The molecule has 1 N–H and O–H groups in total. The van der Waals surface area contributed by atoms with Crippen molar-refractivity contribution in [3.8, 4) is 0 Å². The van der Waals surface area contributed by atoms with Crippen molar-refractivity contribution >= 4 is 39.1 Å². The van der Waals surface area contributed by atoms with E-state index < -0.39 is 5.97 Å². The maximum atomic E-state index is 12.4. The summed E-state index contributed by atoms with van der Waals surface area (Å²) >= 11 is 1.13. The van der Waals surface area contributed by atoms with Gasteiger partial charge in [0.15, 0.2) is 5.13 Å². The smallest absolute Gasteiger partial charge is 0.350 e. The van der Waals surface area contributed by atoms with E-state index in [1.165, 1.54) is 0 Å². The molecule has 0 unspecified atom stereocenters. The van der Waals surface area contributed by atoms with Gasteiger partial charge in [0.25, 0.3) is 0 Å². The van der Waals surface area contributed by atoms with Crippen molar-refractivity contribution in [3.63, 3.8) is 0 Å². The Morgan fingerprint density at radius 2 is 1.92 bits per heavy atom. The minimum atomic E-state index is -0.410. The van der Waals surface area contributed by atoms with E-state index in [1.807, 2.05) is 42.5 Å². The Bertz CT molecular complexity index is 928.